The van der Waals surface area contributed by atoms with Crippen molar-refractivity contribution in [1.82, 2.24) is 0 Å². The second-order valence-electron chi connectivity index (χ2n) is 19.5. The van der Waals surface area contributed by atoms with Crippen molar-refractivity contribution in [3.05, 3.63) is 48.6 Å². The minimum Gasteiger partial charge on any atom is -0.479 e. The number of carbonyl (C=O) groups is 4. The van der Waals surface area contributed by atoms with Gasteiger partial charge >= 0.3 is 23.9 Å². The summed E-state index contributed by atoms with van der Waals surface area (Å²) in [6.07, 6.45) is 43.7. The second-order valence-corrected chi connectivity index (χ2v) is 19.5. The van der Waals surface area contributed by atoms with E-state index in [9.17, 15) is 34.5 Å². The second kappa shape index (κ2) is 47.7. The van der Waals surface area contributed by atoms with Gasteiger partial charge in [-0.3, -0.25) is 14.4 Å². The third-order valence-electron chi connectivity index (χ3n) is 12.9. The van der Waals surface area contributed by atoms with E-state index < -0.39 is 67.3 Å². The van der Waals surface area contributed by atoms with Gasteiger partial charge in [0.1, 0.15) is 18.8 Å². The van der Waals surface area contributed by atoms with Crippen LogP contribution >= 0.6 is 0 Å². The maximum absolute atomic E-state index is 13.1. The lowest BCUT2D eigenvalue weighted by atomic mass is 9.98. The Balaban J connectivity index is 2.71. The maximum Gasteiger partial charge on any atom is 0.335 e. The highest BCUT2D eigenvalue weighted by Gasteiger charge is 2.50. The van der Waals surface area contributed by atoms with Crippen molar-refractivity contribution in [3.8, 4) is 0 Å². The molecule has 1 saturated heterocycles. The molecule has 12 nitrogen and oxygen atoms in total. The molecule has 6 atom stereocenters. The molecule has 0 amide bonds. The molecule has 1 fully saturated rings. The van der Waals surface area contributed by atoms with Crippen LogP contribution in [-0.2, 0) is 42.9 Å². The first-order valence-corrected chi connectivity index (χ1v) is 28.6. The molecule has 1 aliphatic heterocycles. The van der Waals surface area contributed by atoms with Crippen molar-refractivity contribution in [3.63, 3.8) is 0 Å². The van der Waals surface area contributed by atoms with Gasteiger partial charge in [-0.05, 0) is 77.0 Å². The van der Waals surface area contributed by atoms with Gasteiger partial charge in [-0.1, -0.05) is 204 Å². The normalized spacial score (nSPS) is 18.8. The summed E-state index contributed by atoms with van der Waals surface area (Å²) in [5.41, 5.74) is 0. The molecule has 0 radical (unpaired) electrons. The predicted octanol–water partition coefficient (Wildman–Crippen LogP) is 14.2. The summed E-state index contributed by atoms with van der Waals surface area (Å²) < 4.78 is 28.4. The third kappa shape index (κ3) is 38.0. The highest BCUT2D eigenvalue weighted by molar-refractivity contribution is 5.74. The fourth-order valence-electron chi connectivity index (χ4n) is 8.49. The van der Waals surface area contributed by atoms with Crippen LogP contribution in [0.25, 0.3) is 0 Å². The number of carbonyl (C=O) groups excluding carboxylic acids is 3. The molecular weight excluding hydrogens is 901 g/mol. The lowest BCUT2D eigenvalue weighted by Gasteiger charge is -2.40. The molecule has 0 saturated carbocycles. The first-order chi connectivity index (χ1) is 34.6. The lowest BCUT2D eigenvalue weighted by Crippen LogP contribution is -2.61. The van der Waals surface area contributed by atoms with Gasteiger partial charge in [0.15, 0.2) is 24.6 Å². The zero-order chi connectivity index (χ0) is 51.8. The third-order valence-corrected chi connectivity index (χ3v) is 12.9. The molecule has 410 valence electrons. The molecule has 0 spiro atoms. The number of esters is 3. The number of carboxylic acids is 1. The standard InChI is InChI=1S/C59H102O12/c1-4-7-10-13-16-19-22-25-26-29-32-35-38-41-44-47-53(62)70-57-55(64)54(63)56(58(65)66)71-59(57)68-49-50(69-52(61)46-43-40-37-34-31-28-24-21-18-15-12-9-6-3)48-67-51(60)45-42-39-36-33-30-27-23-20-17-14-11-8-5-2/h7,10,16,19-20,23,25-26,50,54-57,59,63-64H,4-6,8-9,11-15,17-18,21-22,24,27-49H2,1-3H3,(H,65,66)/b10-7-,19-16-,23-20-,26-25-. The van der Waals surface area contributed by atoms with Gasteiger partial charge in [0.05, 0.1) is 6.61 Å². The Kier molecular flexibility index (Phi) is 44.1. The van der Waals surface area contributed by atoms with Crippen LogP contribution in [0.15, 0.2) is 48.6 Å². The molecule has 71 heavy (non-hydrogen) atoms. The van der Waals surface area contributed by atoms with E-state index in [0.717, 1.165) is 109 Å². The number of rotatable bonds is 48. The Labute approximate surface area is 431 Å². The van der Waals surface area contributed by atoms with E-state index in [2.05, 4.69) is 69.4 Å². The monoisotopic (exact) mass is 1000 g/mol. The number of aliphatic hydroxyl groups is 2. The number of allylic oxidation sites excluding steroid dienone is 8. The van der Waals surface area contributed by atoms with Crippen molar-refractivity contribution in [1.29, 1.82) is 0 Å². The molecule has 0 bridgehead atoms. The lowest BCUT2D eigenvalue weighted by molar-refractivity contribution is -0.301. The first-order valence-electron chi connectivity index (χ1n) is 28.6. The van der Waals surface area contributed by atoms with Crippen molar-refractivity contribution in [2.45, 2.75) is 289 Å². The van der Waals surface area contributed by atoms with E-state index in [-0.39, 0.29) is 25.9 Å². The summed E-state index contributed by atoms with van der Waals surface area (Å²) >= 11 is 0. The number of hydrogen-bond acceptors (Lipinski definition) is 11. The SMILES string of the molecule is CC/C=C\C/C=C\C/C=C\CCCCCCCC(=O)OC1C(OCC(COC(=O)CCCCCCC/C=C\CCCCCC)OC(=O)CCCCCCCCCCCCCCC)OC(C(=O)O)C(O)C1O. The number of aliphatic carboxylic acids is 1. The topological polar surface area (TPSA) is 175 Å². The van der Waals surface area contributed by atoms with Crippen LogP contribution in [0.2, 0.25) is 0 Å². The van der Waals surface area contributed by atoms with Crippen LogP contribution in [0.3, 0.4) is 0 Å². The van der Waals surface area contributed by atoms with Crippen molar-refractivity contribution in [2.24, 2.45) is 0 Å². The summed E-state index contributed by atoms with van der Waals surface area (Å²) in [5, 5.41) is 31.4. The molecule has 1 heterocycles. The number of ether oxygens (including phenoxy) is 5. The summed E-state index contributed by atoms with van der Waals surface area (Å²) in [5.74, 6) is -3.14. The van der Waals surface area contributed by atoms with Crippen LogP contribution in [0.5, 0.6) is 0 Å². The van der Waals surface area contributed by atoms with Crippen LogP contribution in [-0.4, -0.2) is 89.2 Å². The Morgan fingerprint density at radius 3 is 1.38 bits per heavy atom. The van der Waals surface area contributed by atoms with E-state index in [1.165, 1.54) is 83.5 Å². The molecule has 12 heteroatoms. The molecule has 0 aliphatic carbocycles. The summed E-state index contributed by atoms with van der Waals surface area (Å²) in [7, 11) is 0. The highest BCUT2D eigenvalue weighted by atomic mass is 16.7. The van der Waals surface area contributed by atoms with E-state index in [1.54, 1.807) is 0 Å². The largest absolute Gasteiger partial charge is 0.479 e. The van der Waals surface area contributed by atoms with Crippen LogP contribution < -0.4 is 0 Å². The first kappa shape index (κ1) is 65.7. The maximum atomic E-state index is 13.1. The molecule has 3 N–H and O–H groups in total. The Morgan fingerprint density at radius 1 is 0.479 bits per heavy atom. The molecular formula is C59H102O12. The predicted molar refractivity (Wildman–Crippen MR) is 285 cm³/mol. The number of carboxylic acid groups (broad SMARTS) is 1. The molecule has 0 aromatic carbocycles. The minimum atomic E-state index is -1.91. The van der Waals surface area contributed by atoms with Crippen LogP contribution in [0, 0.1) is 0 Å². The summed E-state index contributed by atoms with van der Waals surface area (Å²) in [4.78, 5) is 51.0. The van der Waals surface area contributed by atoms with Gasteiger partial charge in [0, 0.05) is 19.3 Å². The van der Waals surface area contributed by atoms with Crippen molar-refractivity contribution < 1.29 is 58.2 Å². The quantitative estimate of drug-likeness (QED) is 0.0228. The van der Waals surface area contributed by atoms with E-state index in [4.69, 9.17) is 23.7 Å². The molecule has 6 unspecified atom stereocenters. The Bertz CT molecular complexity index is 1420. The number of hydrogen-bond donors (Lipinski definition) is 3. The fourth-order valence-corrected chi connectivity index (χ4v) is 8.49. The van der Waals surface area contributed by atoms with Gasteiger partial charge < -0.3 is 39.0 Å². The van der Waals surface area contributed by atoms with Gasteiger partial charge in [-0.15, -0.1) is 0 Å². The van der Waals surface area contributed by atoms with Gasteiger partial charge in [0.25, 0.3) is 0 Å². The average Bonchev–Trinajstić information content (AvgIpc) is 3.35. The van der Waals surface area contributed by atoms with Crippen LogP contribution in [0.1, 0.15) is 252 Å². The number of unbranched alkanes of at least 4 members (excludes halogenated alkanes) is 26. The van der Waals surface area contributed by atoms with Gasteiger partial charge in [-0.25, -0.2) is 4.79 Å². The molecule has 1 rings (SSSR count). The van der Waals surface area contributed by atoms with Crippen molar-refractivity contribution in [2.75, 3.05) is 13.2 Å². The minimum absolute atomic E-state index is 0.0417. The Morgan fingerprint density at radius 2 is 0.887 bits per heavy atom. The smallest absolute Gasteiger partial charge is 0.335 e. The number of aliphatic hydroxyl groups excluding tert-OH is 2. The zero-order valence-electron chi connectivity index (χ0n) is 45.0. The van der Waals surface area contributed by atoms with E-state index in [1.807, 2.05) is 0 Å². The van der Waals surface area contributed by atoms with Crippen LogP contribution in [0.4, 0.5) is 0 Å². The average molecular weight is 1000 g/mol. The molecule has 1 aliphatic rings. The molecule has 0 aromatic heterocycles. The summed E-state index contributed by atoms with van der Waals surface area (Å²) in [6, 6.07) is 0. The van der Waals surface area contributed by atoms with Gasteiger partial charge in [0.2, 0.25) is 0 Å². The fraction of sp³-hybridized carbons (Fsp3) is 0.797. The Hall–Kier alpha value is -3.32. The summed E-state index contributed by atoms with van der Waals surface area (Å²) in [6.45, 7) is 5.85. The molecule has 0 aromatic rings. The van der Waals surface area contributed by atoms with Crippen molar-refractivity contribution >= 4 is 23.9 Å². The van der Waals surface area contributed by atoms with Gasteiger partial charge in [-0.2, -0.15) is 0 Å². The highest BCUT2D eigenvalue weighted by Crippen LogP contribution is 2.26. The van der Waals surface area contributed by atoms with E-state index in [0.29, 0.717) is 19.3 Å². The zero-order valence-corrected chi connectivity index (χ0v) is 45.0. The van der Waals surface area contributed by atoms with E-state index >= 15 is 0 Å².